The molecule has 0 aromatic carbocycles. The number of pyridine rings is 1. The van der Waals surface area contributed by atoms with E-state index in [0.29, 0.717) is 6.54 Å². The van der Waals surface area contributed by atoms with Crippen molar-refractivity contribution in [1.29, 1.82) is 0 Å². The summed E-state index contributed by atoms with van der Waals surface area (Å²) in [5, 5.41) is 6.76. The topological polar surface area (TPSA) is 79.8 Å². The molecule has 6 heteroatoms. The highest BCUT2D eigenvalue weighted by atomic mass is 16.2. The van der Waals surface area contributed by atoms with Crippen molar-refractivity contribution >= 4 is 5.91 Å². The van der Waals surface area contributed by atoms with Crippen LogP contribution in [-0.4, -0.2) is 27.2 Å². The van der Waals surface area contributed by atoms with Crippen molar-refractivity contribution in [2.45, 2.75) is 13.0 Å². The van der Waals surface area contributed by atoms with Crippen molar-refractivity contribution in [3.63, 3.8) is 0 Å². The van der Waals surface area contributed by atoms with Gasteiger partial charge in [-0.05, 0) is 24.6 Å². The molecule has 0 saturated heterocycles. The molecule has 0 bridgehead atoms. The van der Waals surface area contributed by atoms with Crippen molar-refractivity contribution in [3.05, 3.63) is 52.7 Å². The van der Waals surface area contributed by atoms with Gasteiger partial charge in [-0.2, -0.15) is 5.10 Å². The van der Waals surface area contributed by atoms with Crippen LogP contribution in [0.3, 0.4) is 0 Å². The van der Waals surface area contributed by atoms with Crippen LogP contribution >= 0.6 is 0 Å². The van der Waals surface area contributed by atoms with Crippen LogP contribution in [0.1, 0.15) is 16.8 Å². The number of amides is 1. The zero-order valence-corrected chi connectivity index (χ0v) is 9.80. The third kappa shape index (κ3) is 3.07. The summed E-state index contributed by atoms with van der Waals surface area (Å²) < 4.78 is 1.79. The fourth-order valence-electron chi connectivity index (χ4n) is 1.57. The van der Waals surface area contributed by atoms with Gasteiger partial charge in [0.2, 0.25) is 0 Å². The Morgan fingerprint density at radius 2 is 2.33 bits per heavy atom. The zero-order valence-electron chi connectivity index (χ0n) is 9.80. The van der Waals surface area contributed by atoms with Gasteiger partial charge in [0.15, 0.2) is 0 Å². The molecule has 94 valence electrons. The first-order valence-electron chi connectivity index (χ1n) is 5.71. The lowest BCUT2D eigenvalue weighted by Gasteiger charge is -2.04. The quantitative estimate of drug-likeness (QED) is 0.749. The maximum absolute atomic E-state index is 11.7. The second kappa shape index (κ2) is 5.81. The zero-order chi connectivity index (χ0) is 12.8. The normalized spacial score (nSPS) is 10.2. The van der Waals surface area contributed by atoms with Crippen LogP contribution in [0.15, 0.2) is 41.6 Å². The van der Waals surface area contributed by atoms with E-state index in [2.05, 4.69) is 15.4 Å². The maximum atomic E-state index is 11.7. The number of carbonyl (C=O) groups excluding carboxylic acids is 1. The predicted molar refractivity (Wildman–Crippen MR) is 66.2 cm³/mol. The number of rotatable bonds is 5. The fourth-order valence-corrected chi connectivity index (χ4v) is 1.57. The lowest BCUT2D eigenvalue weighted by Crippen LogP contribution is -2.30. The van der Waals surface area contributed by atoms with Crippen LogP contribution in [0, 0.1) is 0 Å². The van der Waals surface area contributed by atoms with Crippen LogP contribution in [-0.2, 0) is 6.54 Å². The number of aromatic amines is 1. The van der Waals surface area contributed by atoms with Crippen LogP contribution < -0.4 is 10.9 Å². The molecule has 6 nitrogen and oxygen atoms in total. The van der Waals surface area contributed by atoms with E-state index in [1.165, 1.54) is 12.3 Å². The van der Waals surface area contributed by atoms with E-state index in [1.807, 2.05) is 12.3 Å². The summed E-state index contributed by atoms with van der Waals surface area (Å²) in [4.78, 5) is 25.5. The molecular weight excluding hydrogens is 232 g/mol. The number of H-pyrrole nitrogens is 1. The van der Waals surface area contributed by atoms with Gasteiger partial charge >= 0.3 is 0 Å². The average molecular weight is 246 g/mol. The number of nitrogens with one attached hydrogen (secondary N) is 2. The lowest BCUT2D eigenvalue weighted by molar-refractivity contribution is 0.0951. The molecular formula is C12H14N4O2. The molecule has 1 amide bonds. The van der Waals surface area contributed by atoms with E-state index in [0.717, 1.165) is 13.0 Å². The van der Waals surface area contributed by atoms with Crippen molar-refractivity contribution < 1.29 is 4.79 Å². The Labute approximate surface area is 104 Å². The fraction of sp³-hybridized carbons (Fsp3) is 0.250. The largest absolute Gasteiger partial charge is 0.352 e. The molecule has 0 aliphatic carbocycles. The van der Waals surface area contributed by atoms with Crippen molar-refractivity contribution in [3.8, 4) is 0 Å². The highest BCUT2D eigenvalue weighted by molar-refractivity contribution is 5.93. The van der Waals surface area contributed by atoms with Crippen molar-refractivity contribution in [1.82, 2.24) is 20.1 Å². The van der Waals surface area contributed by atoms with Gasteiger partial charge in [0.05, 0.1) is 0 Å². The molecule has 0 fully saturated rings. The van der Waals surface area contributed by atoms with E-state index < -0.39 is 0 Å². The highest BCUT2D eigenvalue weighted by Crippen LogP contribution is 1.91. The highest BCUT2D eigenvalue weighted by Gasteiger charge is 2.07. The lowest BCUT2D eigenvalue weighted by atomic mass is 10.2. The second-order valence-corrected chi connectivity index (χ2v) is 3.79. The molecule has 0 aliphatic rings. The first kappa shape index (κ1) is 12.1. The maximum Gasteiger partial charge on any atom is 0.260 e. The van der Waals surface area contributed by atoms with Crippen LogP contribution in [0.2, 0.25) is 0 Å². The van der Waals surface area contributed by atoms with Gasteiger partial charge in [0.25, 0.3) is 11.5 Å². The molecule has 0 spiro atoms. The summed E-state index contributed by atoms with van der Waals surface area (Å²) in [6, 6.07) is 4.98. The summed E-state index contributed by atoms with van der Waals surface area (Å²) in [6.07, 6.45) is 5.83. The Morgan fingerprint density at radius 1 is 1.44 bits per heavy atom. The summed E-state index contributed by atoms with van der Waals surface area (Å²) in [6.45, 7) is 1.24. The summed E-state index contributed by atoms with van der Waals surface area (Å²) in [7, 11) is 0. The van der Waals surface area contributed by atoms with E-state index in [1.54, 1.807) is 16.9 Å². The number of carbonyl (C=O) groups is 1. The Morgan fingerprint density at radius 3 is 3.06 bits per heavy atom. The Hall–Kier alpha value is -2.37. The summed E-state index contributed by atoms with van der Waals surface area (Å²) >= 11 is 0. The molecule has 0 atom stereocenters. The van der Waals surface area contributed by atoms with Gasteiger partial charge in [-0.3, -0.25) is 14.3 Å². The van der Waals surface area contributed by atoms with Crippen LogP contribution in [0.4, 0.5) is 0 Å². The SMILES string of the molecule is O=C(NCCCn1cccn1)c1ccc[nH]c1=O. The third-order valence-corrected chi connectivity index (χ3v) is 2.47. The number of aromatic nitrogens is 3. The van der Waals surface area contributed by atoms with Crippen LogP contribution in [0.25, 0.3) is 0 Å². The van der Waals surface area contributed by atoms with Gasteiger partial charge in [-0.25, -0.2) is 0 Å². The Bertz CT molecular complexity index is 559. The molecule has 0 radical (unpaired) electrons. The number of aryl methyl sites for hydroxylation is 1. The number of nitrogens with zero attached hydrogens (tertiary/aromatic N) is 2. The van der Waals surface area contributed by atoms with Gasteiger partial charge in [-0.1, -0.05) is 0 Å². The van der Waals surface area contributed by atoms with Gasteiger partial charge in [-0.15, -0.1) is 0 Å². The van der Waals surface area contributed by atoms with E-state index in [-0.39, 0.29) is 17.0 Å². The monoisotopic (exact) mass is 246 g/mol. The van der Waals surface area contributed by atoms with E-state index in [9.17, 15) is 9.59 Å². The van der Waals surface area contributed by atoms with Gasteiger partial charge in [0.1, 0.15) is 5.56 Å². The summed E-state index contributed by atoms with van der Waals surface area (Å²) in [5.41, 5.74) is -0.237. The standard InChI is InChI=1S/C12H14N4O2/c17-11-10(4-1-5-13-11)12(18)14-6-2-8-16-9-3-7-15-16/h1,3-5,7,9H,2,6,8H2,(H,13,17)(H,14,18). The number of hydrogen-bond donors (Lipinski definition) is 2. The van der Waals surface area contributed by atoms with Gasteiger partial charge < -0.3 is 10.3 Å². The number of hydrogen-bond acceptors (Lipinski definition) is 3. The smallest absolute Gasteiger partial charge is 0.260 e. The minimum atomic E-state index is -0.373. The Balaban J connectivity index is 1.79. The molecule has 18 heavy (non-hydrogen) atoms. The average Bonchev–Trinajstić information content (AvgIpc) is 2.88. The molecule has 2 aromatic rings. The summed E-state index contributed by atoms with van der Waals surface area (Å²) in [5.74, 6) is -0.350. The predicted octanol–water partition coefficient (Wildman–Crippen LogP) is 0.391. The third-order valence-electron chi connectivity index (χ3n) is 2.47. The molecule has 2 rings (SSSR count). The van der Waals surface area contributed by atoms with E-state index in [4.69, 9.17) is 0 Å². The molecule has 0 unspecified atom stereocenters. The van der Waals surface area contributed by atoms with E-state index >= 15 is 0 Å². The first-order chi connectivity index (χ1) is 8.77. The van der Waals surface area contributed by atoms with Crippen LogP contribution in [0.5, 0.6) is 0 Å². The molecule has 2 N–H and O–H groups in total. The Kier molecular flexibility index (Phi) is 3.90. The van der Waals surface area contributed by atoms with Crippen molar-refractivity contribution in [2.75, 3.05) is 6.54 Å². The first-order valence-corrected chi connectivity index (χ1v) is 5.71. The van der Waals surface area contributed by atoms with Crippen molar-refractivity contribution in [2.24, 2.45) is 0 Å². The molecule has 2 aromatic heterocycles. The minimum Gasteiger partial charge on any atom is -0.352 e. The molecule has 0 aliphatic heterocycles. The second-order valence-electron chi connectivity index (χ2n) is 3.79. The molecule has 2 heterocycles. The minimum absolute atomic E-state index is 0.136. The molecule has 0 saturated carbocycles. The van der Waals surface area contributed by atoms with Gasteiger partial charge in [0, 0.05) is 31.7 Å².